The highest BCUT2D eigenvalue weighted by Gasteiger charge is 2.15. The Morgan fingerprint density at radius 3 is 2.23 bits per heavy atom. The minimum atomic E-state index is -4.44. The highest BCUT2D eigenvalue weighted by molar-refractivity contribution is 7.46. The molecule has 0 heterocycles. The lowest BCUT2D eigenvalue weighted by molar-refractivity contribution is 0.283. The van der Waals surface area contributed by atoms with E-state index in [4.69, 9.17) is 15.5 Å². The Bertz CT molecular complexity index is 318. The van der Waals surface area contributed by atoms with Crippen LogP contribution in [0.2, 0.25) is 0 Å². The number of hydrogen-bond acceptors (Lipinski definition) is 3. The van der Waals surface area contributed by atoms with E-state index in [-0.39, 0.29) is 5.75 Å². The highest BCUT2D eigenvalue weighted by Crippen LogP contribution is 2.37. The molecule has 0 aliphatic rings. The predicted octanol–water partition coefficient (Wildman–Crippen LogP) is 0.617. The molecule has 0 aromatic heterocycles. The lowest BCUT2D eigenvalue weighted by Crippen LogP contribution is -1.96. The molecule has 0 amide bonds. The van der Waals surface area contributed by atoms with Crippen molar-refractivity contribution in [2.75, 3.05) is 0 Å². The summed E-state index contributed by atoms with van der Waals surface area (Å²) < 4.78 is 14.7. The van der Waals surface area contributed by atoms with E-state index < -0.39 is 7.82 Å². The molecule has 0 atom stereocenters. The molecule has 0 saturated heterocycles. The van der Waals surface area contributed by atoms with Crippen molar-refractivity contribution >= 4 is 7.82 Å². The van der Waals surface area contributed by atoms with Crippen molar-refractivity contribution in [1.82, 2.24) is 0 Å². The molecule has 0 fully saturated rings. The maximum atomic E-state index is 10.4. The third-order valence-electron chi connectivity index (χ3n) is 1.38. The molecule has 0 radical (unpaired) electrons. The second-order valence-electron chi connectivity index (χ2n) is 2.43. The normalized spacial score (nSPS) is 11.3. The predicted molar refractivity (Wildman–Crippen MR) is 47.0 cm³/mol. The number of rotatable bonds is 3. The van der Waals surface area contributed by atoms with E-state index in [1.165, 1.54) is 12.1 Å². The quantitative estimate of drug-likeness (QED) is 0.626. The summed E-state index contributed by atoms with van der Waals surface area (Å²) in [5, 5.41) is 0. The van der Waals surface area contributed by atoms with Gasteiger partial charge in [0.2, 0.25) is 0 Å². The molecule has 0 spiro atoms. The van der Waals surface area contributed by atoms with Gasteiger partial charge in [-0.05, 0) is 17.7 Å². The van der Waals surface area contributed by atoms with Gasteiger partial charge in [-0.3, -0.25) is 9.79 Å². The van der Waals surface area contributed by atoms with Crippen molar-refractivity contribution in [3.8, 4) is 5.75 Å². The van der Waals surface area contributed by atoms with Crippen molar-refractivity contribution in [2.24, 2.45) is 5.73 Å². The molecule has 6 heteroatoms. The molecule has 1 rings (SSSR count). The van der Waals surface area contributed by atoms with Gasteiger partial charge in [-0.15, -0.1) is 0 Å². The molecule has 0 aliphatic carbocycles. The number of phosphoric acid groups is 1. The molecule has 13 heavy (non-hydrogen) atoms. The Morgan fingerprint density at radius 2 is 1.85 bits per heavy atom. The smallest absolute Gasteiger partial charge is 0.404 e. The zero-order valence-corrected chi connectivity index (χ0v) is 7.65. The van der Waals surface area contributed by atoms with Gasteiger partial charge in [-0.2, -0.15) is 0 Å². The summed E-state index contributed by atoms with van der Waals surface area (Å²) in [5.41, 5.74) is 6.21. The summed E-state index contributed by atoms with van der Waals surface area (Å²) in [6.07, 6.45) is 0. The van der Waals surface area contributed by atoms with Crippen molar-refractivity contribution in [3.63, 3.8) is 0 Å². The third-order valence-corrected chi connectivity index (χ3v) is 1.83. The summed E-state index contributed by atoms with van der Waals surface area (Å²) >= 11 is 0. The maximum Gasteiger partial charge on any atom is 0.524 e. The van der Waals surface area contributed by atoms with Gasteiger partial charge in [-0.25, -0.2) is 4.57 Å². The molecule has 1 aromatic rings. The average Bonchev–Trinajstić information content (AvgIpc) is 2.03. The van der Waals surface area contributed by atoms with Gasteiger partial charge >= 0.3 is 7.82 Å². The largest absolute Gasteiger partial charge is 0.524 e. The van der Waals surface area contributed by atoms with Crippen LogP contribution in [-0.2, 0) is 11.1 Å². The molecule has 0 saturated carbocycles. The van der Waals surface area contributed by atoms with Gasteiger partial charge in [0.05, 0.1) is 0 Å². The minimum absolute atomic E-state index is 0.130. The lowest BCUT2D eigenvalue weighted by Gasteiger charge is -2.06. The molecule has 0 unspecified atom stereocenters. The summed E-state index contributed by atoms with van der Waals surface area (Å²) in [7, 11) is -4.44. The number of nitrogens with two attached hydrogens (primary N) is 1. The van der Waals surface area contributed by atoms with Gasteiger partial charge in [0.25, 0.3) is 0 Å². The Morgan fingerprint density at radius 1 is 1.31 bits per heavy atom. The summed E-state index contributed by atoms with van der Waals surface area (Å²) in [6.45, 7) is 0.385. The fraction of sp³-hybridized carbons (Fsp3) is 0.143. The fourth-order valence-corrected chi connectivity index (χ4v) is 1.22. The first kappa shape index (κ1) is 10.2. The Kier molecular flexibility index (Phi) is 3.06. The van der Waals surface area contributed by atoms with E-state index in [1.807, 2.05) is 0 Å². The van der Waals surface area contributed by atoms with E-state index in [9.17, 15) is 4.57 Å². The SMILES string of the molecule is NCc1ccc(OP(=O)(O)O)cc1. The van der Waals surface area contributed by atoms with Crippen molar-refractivity contribution in [3.05, 3.63) is 29.8 Å². The Hall–Kier alpha value is -0.870. The first-order valence-corrected chi connectivity index (χ1v) is 5.08. The number of benzene rings is 1. The zero-order chi connectivity index (χ0) is 9.90. The van der Waals surface area contributed by atoms with Crippen molar-refractivity contribution < 1.29 is 18.9 Å². The topological polar surface area (TPSA) is 92.8 Å². The maximum absolute atomic E-state index is 10.4. The van der Waals surface area contributed by atoms with Crippen LogP contribution in [0.4, 0.5) is 0 Å². The first-order valence-electron chi connectivity index (χ1n) is 3.55. The van der Waals surface area contributed by atoms with E-state index in [1.54, 1.807) is 12.1 Å². The van der Waals surface area contributed by atoms with E-state index in [0.717, 1.165) is 5.56 Å². The van der Waals surface area contributed by atoms with Crippen molar-refractivity contribution in [2.45, 2.75) is 6.54 Å². The van der Waals surface area contributed by atoms with Gasteiger partial charge in [0, 0.05) is 6.54 Å². The highest BCUT2D eigenvalue weighted by atomic mass is 31.2. The lowest BCUT2D eigenvalue weighted by atomic mass is 10.2. The van der Waals surface area contributed by atoms with Crippen LogP contribution in [0.1, 0.15) is 5.56 Å². The minimum Gasteiger partial charge on any atom is -0.404 e. The van der Waals surface area contributed by atoms with Crippen LogP contribution in [0.25, 0.3) is 0 Å². The molecule has 4 N–H and O–H groups in total. The second-order valence-corrected chi connectivity index (χ2v) is 3.59. The standard InChI is InChI=1S/C7H10NO4P/c8-5-6-1-3-7(4-2-6)12-13(9,10)11/h1-4H,5,8H2,(H2,9,10,11). The van der Waals surface area contributed by atoms with Crippen LogP contribution in [0.5, 0.6) is 5.75 Å². The molecule has 72 valence electrons. The number of hydrogen-bond donors (Lipinski definition) is 3. The van der Waals surface area contributed by atoms with Crippen molar-refractivity contribution in [1.29, 1.82) is 0 Å². The van der Waals surface area contributed by atoms with E-state index in [0.29, 0.717) is 6.54 Å². The molecule has 0 bridgehead atoms. The molecule has 5 nitrogen and oxygen atoms in total. The average molecular weight is 203 g/mol. The molecular formula is C7H10NO4P. The van der Waals surface area contributed by atoms with Crippen LogP contribution >= 0.6 is 7.82 Å². The van der Waals surface area contributed by atoms with Crippen LogP contribution in [0.15, 0.2) is 24.3 Å². The Labute approximate surface area is 75.4 Å². The fourth-order valence-electron chi connectivity index (χ4n) is 0.824. The second kappa shape index (κ2) is 3.89. The van der Waals surface area contributed by atoms with Gasteiger partial charge < -0.3 is 10.3 Å². The summed E-state index contributed by atoms with van der Waals surface area (Å²) in [5.74, 6) is 0.130. The van der Waals surface area contributed by atoms with Crippen LogP contribution < -0.4 is 10.3 Å². The summed E-state index contributed by atoms with van der Waals surface area (Å²) in [6, 6.07) is 6.21. The Balaban J connectivity index is 2.76. The van der Waals surface area contributed by atoms with Gasteiger partial charge in [-0.1, -0.05) is 12.1 Å². The van der Waals surface area contributed by atoms with Crippen LogP contribution in [0, 0.1) is 0 Å². The molecule has 0 aliphatic heterocycles. The van der Waals surface area contributed by atoms with E-state index >= 15 is 0 Å². The van der Waals surface area contributed by atoms with Gasteiger partial charge in [0.15, 0.2) is 0 Å². The van der Waals surface area contributed by atoms with Crippen LogP contribution in [0.3, 0.4) is 0 Å². The van der Waals surface area contributed by atoms with Gasteiger partial charge in [0.1, 0.15) is 5.75 Å². The van der Waals surface area contributed by atoms with E-state index in [2.05, 4.69) is 4.52 Å². The monoisotopic (exact) mass is 203 g/mol. The summed E-state index contributed by atoms with van der Waals surface area (Å²) in [4.78, 5) is 16.9. The zero-order valence-electron chi connectivity index (χ0n) is 6.75. The molecule has 1 aromatic carbocycles. The number of phosphoric ester groups is 1. The molecular weight excluding hydrogens is 193 g/mol. The first-order chi connectivity index (χ1) is 6.01. The third kappa shape index (κ3) is 3.57. The van der Waals surface area contributed by atoms with Crippen LogP contribution in [-0.4, -0.2) is 9.79 Å².